The molecular formula is C25H26FN3O3S. The topological polar surface area (TPSA) is 69.7 Å². The van der Waals surface area contributed by atoms with Gasteiger partial charge in [0.25, 0.3) is 5.91 Å². The number of sulfonamides is 1. The Hall–Kier alpha value is -3.07. The van der Waals surface area contributed by atoms with Crippen LogP contribution in [-0.2, 0) is 16.6 Å². The Labute approximate surface area is 193 Å². The van der Waals surface area contributed by atoms with Crippen LogP contribution in [0.4, 0.5) is 4.39 Å². The highest BCUT2D eigenvalue weighted by atomic mass is 32.2. The molecule has 0 atom stereocenters. The summed E-state index contributed by atoms with van der Waals surface area (Å²) >= 11 is 0. The SMILES string of the molecule is CN1CCN(S(=O)(=O)c2cc(C(=O)NCc3ccccc3F)cc(-c3ccccc3)c2)CC1. The average Bonchev–Trinajstić information content (AvgIpc) is 2.84. The summed E-state index contributed by atoms with van der Waals surface area (Å²) in [5.74, 6) is -0.875. The molecule has 3 aromatic rings. The lowest BCUT2D eigenvalue weighted by atomic mass is 10.0. The maximum absolute atomic E-state index is 13.9. The minimum Gasteiger partial charge on any atom is -0.348 e. The zero-order valence-electron chi connectivity index (χ0n) is 18.4. The van der Waals surface area contributed by atoms with Crippen molar-refractivity contribution in [2.75, 3.05) is 33.2 Å². The summed E-state index contributed by atoms with van der Waals surface area (Å²) in [7, 11) is -1.82. The molecule has 1 aliphatic rings. The van der Waals surface area contributed by atoms with Gasteiger partial charge in [-0.25, -0.2) is 12.8 Å². The van der Waals surface area contributed by atoms with Crippen LogP contribution in [0.2, 0.25) is 0 Å². The molecule has 33 heavy (non-hydrogen) atoms. The zero-order valence-corrected chi connectivity index (χ0v) is 19.2. The summed E-state index contributed by atoms with van der Waals surface area (Å²) < 4.78 is 42.2. The second-order valence-corrected chi connectivity index (χ2v) is 10.0. The molecular weight excluding hydrogens is 441 g/mol. The van der Waals surface area contributed by atoms with Crippen molar-refractivity contribution in [2.45, 2.75) is 11.4 Å². The predicted molar refractivity (Wildman–Crippen MR) is 126 cm³/mol. The van der Waals surface area contributed by atoms with Gasteiger partial charge >= 0.3 is 0 Å². The average molecular weight is 468 g/mol. The summed E-state index contributed by atoms with van der Waals surface area (Å²) in [6.45, 7) is 2.08. The van der Waals surface area contributed by atoms with E-state index in [1.807, 2.05) is 37.4 Å². The maximum atomic E-state index is 13.9. The molecule has 0 aromatic heterocycles. The standard InChI is InChI=1S/C25H26FN3O3S/c1-28-11-13-29(14-12-28)33(31,32)23-16-21(19-7-3-2-4-8-19)15-22(17-23)25(30)27-18-20-9-5-6-10-24(20)26/h2-10,15-17H,11-14,18H2,1H3,(H,27,30). The number of halogens is 1. The Kier molecular flexibility index (Phi) is 6.88. The monoisotopic (exact) mass is 467 g/mol. The highest BCUT2D eigenvalue weighted by Gasteiger charge is 2.28. The van der Waals surface area contributed by atoms with Crippen molar-refractivity contribution in [1.29, 1.82) is 0 Å². The third-order valence-electron chi connectivity index (χ3n) is 5.77. The molecule has 1 saturated heterocycles. The van der Waals surface area contributed by atoms with E-state index in [9.17, 15) is 17.6 Å². The van der Waals surface area contributed by atoms with Crippen LogP contribution >= 0.6 is 0 Å². The van der Waals surface area contributed by atoms with Gasteiger partial charge in [-0.15, -0.1) is 0 Å². The highest BCUT2D eigenvalue weighted by molar-refractivity contribution is 7.89. The van der Waals surface area contributed by atoms with E-state index < -0.39 is 21.7 Å². The molecule has 0 bridgehead atoms. The fraction of sp³-hybridized carbons (Fsp3) is 0.240. The summed E-state index contributed by atoms with van der Waals surface area (Å²) in [6.07, 6.45) is 0. The second kappa shape index (κ2) is 9.82. The number of amides is 1. The summed E-state index contributed by atoms with van der Waals surface area (Å²) in [5.41, 5.74) is 1.99. The van der Waals surface area contributed by atoms with E-state index in [0.717, 1.165) is 5.56 Å². The van der Waals surface area contributed by atoms with Crippen LogP contribution in [0.25, 0.3) is 11.1 Å². The van der Waals surface area contributed by atoms with Gasteiger partial charge in [0.2, 0.25) is 10.0 Å². The van der Waals surface area contributed by atoms with Crippen molar-refractivity contribution in [3.05, 3.63) is 89.7 Å². The molecule has 1 aliphatic heterocycles. The van der Waals surface area contributed by atoms with Crippen molar-refractivity contribution < 1.29 is 17.6 Å². The molecule has 1 N–H and O–H groups in total. The first-order chi connectivity index (χ1) is 15.8. The van der Waals surface area contributed by atoms with Gasteiger partial charge in [-0.3, -0.25) is 4.79 Å². The normalized spacial score (nSPS) is 15.3. The third-order valence-corrected chi connectivity index (χ3v) is 7.65. The predicted octanol–water partition coefficient (Wildman–Crippen LogP) is 3.36. The molecule has 0 saturated carbocycles. The number of rotatable bonds is 6. The molecule has 0 unspecified atom stereocenters. The lowest BCUT2D eigenvalue weighted by Crippen LogP contribution is -2.47. The number of carbonyl (C=O) groups is 1. The largest absolute Gasteiger partial charge is 0.348 e. The van der Waals surface area contributed by atoms with Gasteiger partial charge in [0.15, 0.2) is 0 Å². The van der Waals surface area contributed by atoms with E-state index in [0.29, 0.717) is 37.3 Å². The van der Waals surface area contributed by atoms with Crippen molar-refractivity contribution in [2.24, 2.45) is 0 Å². The van der Waals surface area contributed by atoms with Crippen LogP contribution in [0.1, 0.15) is 15.9 Å². The molecule has 1 heterocycles. The Balaban J connectivity index is 1.68. The summed E-state index contributed by atoms with van der Waals surface area (Å²) in [5, 5.41) is 2.70. The van der Waals surface area contributed by atoms with E-state index >= 15 is 0 Å². The van der Waals surface area contributed by atoms with E-state index in [1.54, 1.807) is 30.3 Å². The van der Waals surface area contributed by atoms with E-state index in [2.05, 4.69) is 10.2 Å². The van der Waals surface area contributed by atoms with Gasteiger partial charge in [-0.1, -0.05) is 48.5 Å². The smallest absolute Gasteiger partial charge is 0.251 e. The number of hydrogen-bond donors (Lipinski definition) is 1. The van der Waals surface area contributed by atoms with Crippen molar-refractivity contribution in [3.8, 4) is 11.1 Å². The van der Waals surface area contributed by atoms with Crippen LogP contribution in [-0.4, -0.2) is 56.8 Å². The number of nitrogens with one attached hydrogen (secondary N) is 1. The fourth-order valence-electron chi connectivity index (χ4n) is 3.77. The Morgan fingerprint density at radius 1 is 0.909 bits per heavy atom. The van der Waals surface area contributed by atoms with Gasteiger partial charge in [-0.2, -0.15) is 4.31 Å². The van der Waals surface area contributed by atoms with Crippen LogP contribution in [0.3, 0.4) is 0 Å². The lowest BCUT2D eigenvalue weighted by Gasteiger charge is -2.31. The number of benzene rings is 3. The number of piperazine rings is 1. The molecule has 172 valence electrons. The lowest BCUT2D eigenvalue weighted by molar-refractivity contribution is 0.0950. The van der Waals surface area contributed by atoms with E-state index in [4.69, 9.17) is 0 Å². The van der Waals surface area contributed by atoms with Gasteiger partial charge in [0.1, 0.15) is 5.82 Å². The second-order valence-electron chi connectivity index (χ2n) is 8.09. The number of nitrogens with zero attached hydrogens (tertiary/aromatic N) is 2. The minimum absolute atomic E-state index is 0.00160. The molecule has 3 aromatic carbocycles. The number of carbonyl (C=O) groups excluding carboxylic acids is 1. The first kappa shape index (κ1) is 23.1. The van der Waals surface area contributed by atoms with Crippen LogP contribution in [0.5, 0.6) is 0 Å². The maximum Gasteiger partial charge on any atom is 0.251 e. The summed E-state index contributed by atoms with van der Waals surface area (Å²) in [6, 6.07) is 20.2. The molecule has 8 heteroatoms. The fourth-order valence-corrected chi connectivity index (χ4v) is 5.27. The number of likely N-dealkylation sites (N-methyl/N-ethyl adjacent to an activating group) is 1. The Morgan fingerprint density at radius 3 is 2.27 bits per heavy atom. The first-order valence-corrected chi connectivity index (χ1v) is 12.2. The van der Waals surface area contributed by atoms with Crippen molar-refractivity contribution in [3.63, 3.8) is 0 Å². The zero-order chi connectivity index (χ0) is 23.4. The molecule has 0 aliphatic carbocycles. The molecule has 1 fully saturated rings. The third kappa shape index (κ3) is 5.30. The molecule has 6 nitrogen and oxygen atoms in total. The van der Waals surface area contributed by atoms with Crippen LogP contribution in [0, 0.1) is 5.82 Å². The molecule has 4 rings (SSSR count). The Morgan fingerprint density at radius 2 is 1.58 bits per heavy atom. The molecule has 1 amide bonds. The van der Waals surface area contributed by atoms with Gasteiger partial charge in [0.05, 0.1) is 4.90 Å². The van der Waals surface area contributed by atoms with Gasteiger partial charge in [-0.05, 0) is 42.4 Å². The molecule has 0 radical (unpaired) electrons. The van der Waals surface area contributed by atoms with Crippen LogP contribution < -0.4 is 5.32 Å². The highest BCUT2D eigenvalue weighted by Crippen LogP contribution is 2.27. The first-order valence-electron chi connectivity index (χ1n) is 10.8. The van der Waals surface area contributed by atoms with Crippen LogP contribution in [0.15, 0.2) is 77.7 Å². The van der Waals surface area contributed by atoms with Crippen molar-refractivity contribution in [1.82, 2.24) is 14.5 Å². The van der Waals surface area contributed by atoms with E-state index in [-0.39, 0.29) is 17.0 Å². The van der Waals surface area contributed by atoms with Gasteiger partial charge in [0, 0.05) is 43.9 Å². The molecule has 0 spiro atoms. The minimum atomic E-state index is -3.78. The summed E-state index contributed by atoms with van der Waals surface area (Å²) in [4.78, 5) is 15.1. The quantitative estimate of drug-likeness (QED) is 0.604. The van der Waals surface area contributed by atoms with E-state index in [1.165, 1.54) is 16.4 Å². The van der Waals surface area contributed by atoms with Gasteiger partial charge < -0.3 is 10.2 Å². The van der Waals surface area contributed by atoms with Crippen molar-refractivity contribution >= 4 is 15.9 Å². The number of hydrogen-bond acceptors (Lipinski definition) is 4. The Bertz CT molecular complexity index is 1240.